The number of hydrogen-bond donors (Lipinski definition) is 0. The number of rotatable bonds is 3. The third-order valence-corrected chi connectivity index (χ3v) is 4.93. The lowest BCUT2D eigenvalue weighted by molar-refractivity contribution is 0.899. The molecule has 0 atom stereocenters. The van der Waals surface area contributed by atoms with Crippen LogP contribution in [0.4, 0.5) is 0 Å². The van der Waals surface area contributed by atoms with Crippen molar-refractivity contribution < 1.29 is 0 Å². The van der Waals surface area contributed by atoms with Crippen molar-refractivity contribution >= 4 is 0 Å². The second kappa shape index (κ2) is 5.04. The van der Waals surface area contributed by atoms with E-state index in [2.05, 4.69) is 61.5 Å². The summed E-state index contributed by atoms with van der Waals surface area (Å²) in [5, 5.41) is 0. The van der Waals surface area contributed by atoms with Gasteiger partial charge in [-0.05, 0) is 60.4 Å². The highest BCUT2D eigenvalue weighted by atomic mass is 14.2. The van der Waals surface area contributed by atoms with Crippen LogP contribution in [0.2, 0.25) is 0 Å². The molecule has 2 aromatic carbocycles. The van der Waals surface area contributed by atoms with E-state index in [9.17, 15) is 0 Å². The molecule has 0 saturated carbocycles. The minimum atomic E-state index is 1.11. The molecular formula is C21H20. The van der Waals surface area contributed by atoms with Crippen molar-refractivity contribution in [1.82, 2.24) is 0 Å². The topological polar surface area (TPSA) is 0 Å². The Balaban J connectivity index is 1.63. The summed E-state index contributed by atoms with van der Waals surface area (Å²) in [5.41, 5.74) is 10.6. The molecule has 0 saturated heterocycles. The molecule has 0 unspecified atom stereocenters. The van der Waals surface area contributed by atoms with E-state index in [1.165, 1.54) is 40.7 Å². The predicted molar refractivity (Wildman–Crippen MR) is 89.5 cm³/mol. The van der Waals surface area contributed by atoms with Crippen LogP contribution in [0.5, 0.6) is 0 Å². The van der Waals surface area contributed by atoms with Gasteiger partial charge in [-0.3, -0.25) is 0 Å². The first-order valence-corrected chi connectivity index (χ1v) is 7.87. The van der Waals surface area contributed by atoms with Crippen LogP contribution in [0.1, 0.15) is 36.5 Å². The fourth-order valence-electron chi connectivity index (χ4n) is 3.70. The summed E-state index contributed by atoms with van der Waals surface area (Å²) in [6, 6.07) is 15.7. The Kier molecular flexibility index (Phi) is 3.03. The van der Waals surface area contributed by atoms with Crippen molar-refractivity contribution in [3.8, 4) is 11.1 Å². The average Bonchev–Trinajstić information content (AvgIpc) is 3.09. The van der Waals surface area contributed by atoms with Gasteiger partial charge in [0.1, 0.15) is 0 Å². The van der Waals surface area contributed by atoms with Crippen molar-refractivity contribution in [2.75, 3.05) is 0 Å². The molecule has 0 N–H and O–H groups in total. The van der Waals surface area contributed by atoms with Crippen molar-refractivity contribution in [2.24, 2.45) is 0 Å². The van der Waals surface area contributed by atoms with E-state index in [1.54, 1.807) is 11.1 Å². The smallest absolute Gasteiger partial charge is 0.00107 e. The predicted octanol–water partition coefficient (Wildman–Crippen LogP) is 5.47. The number of fused-ring (bicyclic) bond motifs is 3. The summed E-state index contributed by atoms with van der Waals surface area (Å²) in [4.78, 5) is 0. The fourth-order valence-corrected chi connectivity index (χ4v) is 3.70. The second-order valence-corrected chi connectivity index (χ2v) is 6.17. The second-order valence-electron chi connectivity index (χ2n) is 6.17. The third-order valence-electron chi connectivity index (χ3n) is 4.93. The van der Waals surface area contributed by atoms with E-state index in [0.29, 0.717) is 0 Å². The van der Waals surface area contributed by atoms with E-state index in [1.807, 2.05) is 0 Å². The Hall–Kier alpha value is -2.08. The summed E-state index contributed by atoms with van der Waals surface area (Å²) < 4.78 is 0. The van der Waals surface area contributed by atoms with E-state index in [-0.39, 0.29) is 0 Å². The molecule has 0 heteroatoms. The van der Waals surface area contributed by atoms with Gasteiger partial charge in [0, 0.05) is 0 Å². The molecule has 21 heavy (non-hydrogen) atoms. The average molecular weight is 272 g/mol. The Labute approximate surface area is 126 Å². The van der Waals surface area contributed by atoms with Gasteiger partial charge in [-0.1, -0.05) is 65.8 Å². The molecule has 104 valence electrons. The summed E-state index contributed by atoms with van der Waals surface area (Å²) in [6.07, 6.45) is 9.19. The van der Waals surface area contributed by atoms with E-state index in [0.717, 1.165) is 12.8 Å². The first kappa shape index (κ1) is 12.6. The lowest BCUT2D eigenvalue weighted by Gasteiger charge is -2.10. The lowest BCUT2D eigenvalue weighted by Crippen LogP contribution is -1.95. The zero-order chi connectivity index (χ0) is 14.2. The van der Waals surface area contributed by atoms with Crippen LogP contribution in [0.25, 0.3) is 11.1 Å². The molecular weight excluding hydrogens is 252 g/mol. The lowest BCUT2D eigenvalue weighted by atomic mass is 9.95. The Morgan fingerprint density at radius 3 is 2.62 bits per heavy atom. The molecule has 0 aliphatic heterocycles. The number of aryl methyl sites for hydroxylation is 1. The largest absolute Gasteiger partial charge is 0.0802 e. The van der Waals surface area contributed by atoms with Crippen molar-refractivity contribution in [2.45, 2.75) is 32.6 Å². The zero-order valence-electron chi connectivity index (χ0n) is 12.5. The van der Waals surface area contributed by atoms with E-state index < -0.39 is 0 Å². The van der Waals surface area contributed by atoms with Crippen LogP contribution in [-0.2, 0) is 12.8 Å². The number of hydrogen-bond acceptors (Lipinski definition) is 0. The Morgan fingerprint density at radius 2 is 1.76 bits per heavy atom. The monoisotopic (exact) mass is 272 g/mol. The van der Waals surface area contributed by atoms with E-state index in [4.69, 9.17) is 0 Å². The molecule has 2 aliphatic rings. The van der Waals surface area contributed by atoms with Gasteiger partial charge in [0.25, 0.3) is 0 Å². The molecule has 2 aromatic rings. The van der Waals surface area contributed by atoms with Gasteiger partial charge in [0.2, 0.25) is 0 Å². The normalized spacial score (nSPS) is 15.5. The molecule has 0 nitrogen and oxygen atoms in total. The highest BCUT2D eigenvalue weighted by Gasteiger charge is 2.20. The maximum Gasteiger partial charge on any atom is -0.00107 e. The van der Waals surface area contributed by atoms with Crippen molar-refractivity contribution in [3.05, 3.63) is 82.5 Å². The molecule has 2 aliphatic carbocycles. The minimum Gasteiger partial charge on any atom is -0.0802 e. The van der Waals surface area contributed by atoms with Crippen LogP contribution in [0, 0.1) is 0 Å². The van der Waals surface area contributed by atoms with Crippen LogP contribution < -0.4 is 0 Å². The summed E-state index contributed by atoms with van der Waals surface area (Å²) >= 11 is 0. The first-order chi connectivity index (χ1) is 10.3. The van der Waals surface area contributed by atoms with Crippen LogP contribution in [0.15, 0.2) is 65.8 Å². The maximum absolute atomic E-state index is 2.32. The van der Waals surface area contributed by atoms with Crippen LogP contribution in [0.3, 0.4) is 0 Å². The Morgan fingerprint density at radius 1 is 0.905 bits per heavy atom. The molecule has 4 rings (SSSR count). The Bertz CT molecular complexity index is 759. The van der Waals surface area contributed by atoms with Gasteiger partial charge < -0.3 is 0 Å². The summed E-state index contributed by atoms with van der Waals surface area (Å²) in [7, 11) is 0. The third kappa shape index (κ3) is 2.15. The van der Waals surface area contributed by atoms with Crippen molar-refractivity contribution in [1.29, 1.82) is 0 Å². The molecule has 0 amide bonds. The molecule has 0 heterocycles. The highest BCUT2D eigenvalue weighted by Crippen LogP contribution is 2.38. The summed E-state index contributed by atoms with van der Waals surface area (Å²) in [5.74, 6) is 0. The number of allylic oxidation sites excluding steroid dienone is 4. The van der Waals surface area contributed by atoms with Gasteiger partial charge in [0.05, 0.1) is 0 Å². The molecule has 0 aromatic heterocycles. The van der Waals surface area contributed by atoms with Gasteiger partial charge in [-0.25, -0.2) is 0 Å². The molecule has 0 bridgehead atoms. The minimum absolute atomic E-state index is 1.11. The van der Waals surface area contributed by atoms with Crippen molar-refractivity contribution in [3.63, 3.8) is 0 Å². The zero-order valence-corrected chi connectivity index (χ0v) is 12.5. The van der Waals surface area contributed by atoms with Gasteiger partial charge in [0.15, 0.2) is 0 Å². The number of benzene rings is 2. The quantitative estimate of drug-likeness (QED) is 0.593. The van der Waals surface area contributed by atoms with Gasteiger partial charge in [-0.2, -0.15) is 0 Å². The standard InChI is InChI=1S/C21H20/c1-15-6-4-8-16(15)12-13-17-9-5-11-20-19-10-3-2-7-18(19)14-21(17)20/h2-7,9-11H,8,12-14H2,1H3. The SMILES string of the molecule is CC1=C(CCc2cccc3c2Cc2ccccc2-3)CC=C1. The fraction of sp³-hybridized carbons (Fsp3) is 0.238. The first-order valence-electron chi connectivity index (χ1n) is 7.87. The molecule has 0 fully saturated rings. The van der Waals surface area contributed by atoms with Gasteiger partial charge >= 0.3 is 0 Å². The summed E-state index contributed by atoms with van der Waals surface area (Å²) in [6.45, 7) is 2.24. The highest BCUT2D eigenvalue weighted by molar-refractivity contribution is 5.77. The van der Waals surface area contributed by atoms with Gasteiger partial charge in [-0.15, -0.1) is 0 Å². The maximum atomic E-state index is 2.32. The molecule has 0 radical (unpaired) electrons. The van der Waals surface area contributed by atoms with Crippen LogP contribution in [-0.4, -0.2) is 0 Å². The molecule has 0 spiro atoms. The van der Waals surface area contributed by atoms with E-state index >= 15 is 0 Å². The van der Waals surface area contributed by atoms with Crippen LogP contribution >= 0.6 is 0 Å².